The number of aliphatic hydroxyl groups excluding tert-OH is 1. The Bertz CT molecular complexity index is 256. The first-order chi connectivity index (χ1) is 5.77. The van der Waals surface area contributed by atoms with Gasteiger partial charge in [0.1, 0.15) is 0 Å². The van der Waals surface area contributed by atoms with Gasteiger partial charge in [0, 0.05) is 7.11 Å². The maximum Gasteiger partial charge on any atom is 0.0713 e. The molecule has 0 heterocycles. The van der Waals surface area contributed by atoms with Gasteiger partial charge in [-0.3, -0.25) is 0 Å². The van der Waals surface area contributed by atoms with Crippen LogP contribution in [0.25, 0.3) is 0 Å². The summed E-state index contributed by atoms with van der Waals surface area (Å²) in [6.45, 7) is 2.69. The van der Waals surface area contributed by atoms with E-state index in [-0.39, 0.29) is 6.61 Å². The summed E-state index contributed by atoms with van der Waals surface area (Å²) in [5.41, 5.74) is 3.20. The summed E-state index contributed by atoms with van der Waals surface area (Å²) in [6, 6.07) is 5.98. The summed E-state index contributed by atoms with van der Waals surface area (Å²) in [5.74, 6) is 0. The highest BCUT2D eigenvalue weighted by atomic mass is 16.5. The van der Waals surface area contributed by atoms with Crippen LogP contribution in [0.1, 0.15) is 16.7 Å². The molecule has 66 valence electrons. The Morgan fingerprint density at radius 1 is 1.42 bits per heavy atom. The lowest BCUT2D eigenvalue weighted by Crippen LogP contribution is -1.93. The van der Waals surface area contributed by atoms with Crippen LogP contribution in [0.3, 0.4) is 0 Å². The lowest BCUT2D eigenvalue weighted by molar-refractivity contribution is 0.184. The predicted octanol–water partition coefficient (Wildman–Crippen LogP) is 1.63. The van der Waals surface area contributed by atoms with Crippen molar-refractivity contribution in [2.24, 2.45) is 0 Å². The number of aryl methyl sites for hydroxylation is 1. The highest BCUT2D eigenvalue weighted by Gasteiger charge is 1.98. The zero-order valence-corrected chi connectivity index (χ0v) is 7.50. The highest BCUT2D eigenvalue weighted by molar-refractivity contribution is 5.30. The first-order valence-corrected chi connectivity index (χ1v) is 3.96. The minimum absolute atomic E-state index is 0.101. The van der Waals surface area contributed by atoms with Crippen molar-refractivity contribution in [3.8, 4) is 0 Å². The van der Waals surface area contributed by atoms with E-state index in [0.717, 1.165) is 16.7 Å². The van der Waals surface area contributed by atoms with E-state index in [0.29, 0.717) is 6.61 Å². The zero-order valence-electron chi connectivity index (χ0n) is 7.50. The van der Waals surface area contributed by atoms with E-state index in [1.165, 1.54) is 0 Å². The van der Waals surface area contributed by atoms with Crippen molar-refractivity contribution in [3.05, 3.63) is 34.9 Å². The summed E-state index contributed by atoms with van der Waals surface area (Å²) in [5, 5.41) is 8.97. The summed E-state index contributed by atoms with van der Waals surface area (Å²) in [4.78, 5) is 0. The highest BCUT2D eigenvalue weighted by Crippen LogP contribution is 2.11. The summed E-state index contributed by atoms with van der Waals surface area (Å²) < 4.78 is 4.99. The van der Waals surface area contributed by atoms with Crippen molar-refractivity contribution in [2.75, 3.05) is 7.11 Å². The molecule has 1 aromatic rings. The number of ether oxygens (including phenoxy) is 1. The van der Waals surface area contributed by atoms with Crippen molar-refractivity contribution in [1.82, 2.24) is 0 Å². The third kappa shape index (κ3) is 2.06. The average Bonchev–Trinajstić information content (AvgIpc) is 2.09. The predicted molar refractivity (Wildman–Crippen MR) is 47.8 cm³/mol. The van der Waals surface area contributed by atoms with E-state index >= 15 is 0 Å². The number of hydrogen-bond acceptors (Lipinski definition) is 2. The molecule has 0 amide bonds. The number of methoxy groups -OCH3 is 1. The van der Waals surface area contributed by atoms with Crippen LogP contribution in [0.2, 0.25) is 0 Å². The van der Waals surface area contributed by atoms with Gasteiger partial charge in [0.05, 0.1) is 13.2 Å². The van der Waals surface area contributed by atoms with Gasteiger partial charge in [-0.15, -0.1) is 0 Å². The van der Waals surface area contributed by atoms with Gasteiger partial charge in [-0.05, 0) is 23.6 Å². The third-order valence-electron chi connectivity index (χ3n) is 1.89. The van der Waals surface area contributed by atoms with Crippen molar-refractivity contribution in [3.63, 3.8) is 0 Å². The molecule has 0 saturated carbocycles. The lowest BCUT2D eigenvalue weighted by atomic mass is 10.1. The molecule has 0 aliphatic heterocycles. The Hall–Kier alpha value is -0.860. The first-order valence-electron chi connectivity index (χ1n) is 3.96. The summed E-state index contributed by atoms with van der Waals surface area (Å²) in [6.07, 6.45) is 0. The fraction of sp³-hybridized carbons (Fsp3) is 0.400. The van der Waals surface area contributed by atoms with Crippen molar-refractivity contribution in [2.45, 2.75) is 20.1 Å². The second-order valence-corrected chi connectivity index (χ2v) is 2.85. The molecule has 1 rings (SSSR count). The Labute approximate surface area is 72.8 Å². The van der Waals surface area contributed by atoms with Crippen LogP contribution in [0, 0.1) is 6.92 Å². The Kier molecular flexibility index (Phi) is 3.26. The molecule has 2 nitrogen and oxygen atoms in total. The van der Waals surface area contributed by atoms with Crippen LogP contribution in [0.5, 0.6) is 0 Å². The lowest BCUT2D eigenvalue weighted by Gasteiger charge is -2.05. The van der Waals surface area contributed by atoms with Crippen LogP contribution in [-0.4, -0.2) is 12.2 Å². The van der Waals surface area contributed by atoms with Gasteiger partial charge in [-0.25, -0.2) is 0 Å². The fourth-order valence-electron chi connectivity index (χ4n) is 1.15. The zero-order chi connectivity index (χ0) is 8.97. The van der Waals surface area contributed by atoms with Crippen LogP contribution >= 0.6 is 0 Å². The van der Waals surface area contributed by atoms with E-state index in [1.807, 2.05) is 25.1 Å². The van der Waals surface area contributed by atoms with Crippen LogP contribution in [-0.2, 0) is 18.0 Å². The Morgan fingerprint density at radius 2 is 2.17 bits per heavy atom. The van der Waals surface area contributed by atoms with E-state index in [4.69, 9.17) is 9.84 Å². The summed E-state index contributed by atoms with van der Waals surface area (Å²) >= 11 is 0. The largest absolute Gasteiger partial charge is 0.392 e. The SMILES string of the molecule is COCc1ccc(C)c(CO)c1. The Morgan fingerprint density at radius 3 is 2.75 bits per heavy atom. The molecular weight excluding hydrogens is 152 g/mol. The van der Waals surface area contributed by atoms with Crippen molar-refractivity contribution < 1.29 is 9.84 Å². The van der Waals surface area contributed by atoms with E-state index < -0.39 is 0 Å². The maximum atomic E-state index is 8.97. The standard InChI is InChI=1S/C10H14O2/c1-8-3-4-9(7-12-2)5-10(8)6-11/h3-5,11H,6-7H2,1-2H3. The molecule has 0 radical (unpaired) electrons. The molecule has 0 fully saturated rings. The van der Waals surface area contributed by atoms with E-state index in [2.05, 4.69) is 0 Å². The maximum absolute atomic E-state index is 8.97. The monoisotopic (exact) mass is 166 g/mol. The van der Waals surface area contributed by atoms with Crippen LogP contribution in [0.4, 0.5) is 0 Å². The number of rotatable bonds is 3. The van der Waals surface area contributed by atoms with Crippen LogP contribution in [0.15, 0.2) is 18.2 Å². The van der Waals surface area contributed by atoms with Gasteiger partial charge in [0.15, 0.2) is 0 Å². The van der Waals surface area contributed by atoms with E-state index in [9.17, 15) is 0 Å². The van der Waals surface area contributed by atoms with Gasteiger partial charge in [-0.1, -0.05) is 18.2 Å². The average molecular weight is 166 g/mol. The Balaban J connectivity index is 2.89. The van der Waals surface area contributed by atoms with Crippen molar-refractivity contribution >= 4 is 0 Å². The molecule has 1 N–H and O–H groups in total. The quantitative estimate of drug-likeness (QED) is 0.739. The molecule has 0 atom stereocenters. The molecule has 0 aromatic heterocycles. The molecule has 0 saturated heterocycles. The third-order valence-corrected chi connectivity index (χ3v) is 1.89. The molecular formula is C10H14O2. The second-order valence-electron chi connectivity index (χ2n) is 2.85. The minimum atomic E-state index is 0.101. The summed E-state index contributed by atoms with van der Waals surface area (Å²) in [7, 11) is 1.67. The topological polar surface area (TPSA) is 29.5 Å². The molecule has 1 aromatic carbocycles. The first kappa shape index (κ1) is 9.23. The number of aliphatic hydroxyl groups is 1. The molecule has 12 heavy (non-hydrogen) atoms. The molecule has 0 unspecified atom stereocenters. The normalized spacial score (nSPS) is 10.2. The molecule has 0 spiro atoms. The molecule has 2 heteroatoms. The fourth-order valence-corrected chi connectivity index (χ4v) is 1.15. The second kappa shape index (κ2) is 4.24. The molecule has 0 aliphatic rings. The minimum Gasteiger partial charge on any atom is -0.392 e. The van der Waals surface area contributed by atoms with E-state index in [1.54, 1.807) is 7.11 Å². The number of hydrogen-bond donors (Lipinski definition) is 1. The van der Waals surface area contributed by atoms with Gasteiger partial charge in [-0.2, -0.15) is 0 Å². The molecule has 0 bridgehead atoms. The smallest absolute Gasteiger partial charge is 0.0713 e. The molecule has 0 aliphatic carbocycles. The van der Waals surface area contributed by atoms with Crippen LogP contribution < -0.4 is 0 Å². The van der Waals surface area contributed by atoms with Gasteiger partial charge in [0.2, 0.25) is 0 Å². The van der Waals surface area contributed by atoms with Gasteiger partial charge < -0.3 is 9.84 Å². The van der Waals surface area contributed by atoms with Gasteiger partial charge >= 0.3 is 0 Å². The number of benzene rings is 1. The van der Waals surface area contributed by atoms with Gasteiger partial charge in [0.25, 0.3) is 0 Å². The van der Waals surface area contributed by atoms with Crippen molar-refractivity contribution in [1.29, 1.82) is 0 Å².